The molecule has 2 heteroatoms. The first-order valence-corrected chi connectivity index (χ1v) is 6.23. The molecule has 1 saturated carbocycles. The van der Waals surface area contributed by atoms with E-state index in [1.54, 1.807) is 0 Å². The van der Waals surface area contributed by atoms with Crippen molar-refractivity contribution in [2.24, 2.45) is 5.41 Å². The van der Waals surface area contributed by atoms with Crippen LogP contribution in [0.4, 0.5) is 0 Å². The molecular weight excluding hydrogens is 184 g/mol. The number of hydrogen-bond acceptors (Lipinski definition) is 2. The first-order valence-electron chi connectivity index (χ1n) is 6.23. The molecular formula is C13H28N2. The average Bonchev–Trinajstić information content (AvgIpc) is 2.50. The summed E-state index contributed by atoms with van der Waals surface area (Å²) >= 11 is 0. The molecule has 0 bridgehead atoms. The molecule has 1 N–H and O–H groups in total. The molecule has 0 spiro atoms. The van der Waals surface area contributed by atoms with Gasteiger partial charge in [0, 0.05) is 18.1 Å². The molecule has 1 rings (SSSR count). The number of nitrogens with one attached hydrogen (secondary N) is 1. The Bertz CT molecular complexity index is 193. The molecule has 0 saturated heterocycles. The van der Waals surface area contributed by atoms with Crippen LogP contribution in [-0.4, -0.2) is 37.1 Å². The van der Waals surface area contributed by atoms with Gasteiger partial charge in [-0.05, 0) is 45.7 Å². The molecule has 0 aromatic heterocycles. The van der Waals surface area contributed by atoms with Gasteiger partial charge in [-0.1, -0.05) is 20.8 Å². The average molecular weight is 212 g/mol. The monoisotopic (exact) mass is 212 g/mol. The van der Waals surface area contributed by atoms with Gasteiger partial charge in [-0.15, -0.1) is 0 Å². The van der Waals surface area contributed by atoms with Gasteiger partial charge in [0.1, 0.15) is 0 Å². The molecule has 0 heterocycles. The highest BCUT2D eigenvalue weighted by molar-refractivity contribution is 4.88. The Balaban J connectivity index is 2.36. The van der Waals surface area contributed by atoms with E-state index in [0.717, 1.165) is 12.1 Å². The van der Waals surface area contributed by atoms with Gasteiger partial charge in [0.25, 0.3) is 0 Å². The quantitative estimate of drug-likeness (QED) is 0.773. The van der Waals surface area contributed by atoms with Gasteiger partial charge in [-0.3, -0.25) is 0 Å². The molecule has 2 nitrogen and oxygen atoms in total. The van der Waals surface area contributed by atoms with E-state index < -0.39 is 0 Å². The standard InChI is InChI=1S/C13H28N2/c1-10(13(2,3)4)14-11-7-8-12(9-11)15(5)6/h10-12,14H,7-9H2,1-6H3. The molecule has 15 heavy (non-hydrogen) atoms. The van der Waals surface area contributed by atoms with E-state index in [2.05, 4.69) is 52.0 Å². The van der Waals surface area contributed by atoms with E-state index >= 15 is 0 Å². The minimum atomic E-state index is 0.371. The Morgan fingerprint density at radius 1 is 1.20 bits per heavy atom. The molecule has 90 valence electrons. The number of hydrogen-bond donors (Lipinski definition) is 1. The van der Waals surface area contributed by atoms with E-state index in [-0.39, 0.29) is 0 Å². The smallest absolute Gasteiger partial charge is 0.0105 e. The maximum atomic E-state index is 3.78. The molecule has 0 radical (unpaired) electrons. The molecule has 1 aliphatic carbocycles. The fraction of sp³-hybridized carbons (Fsp3) is 1.00. The van der Waals surface area contributed by atoms with Crippen molar-refractivity contribution in [1.82, 2.24) is 10.2 Å². The molecule has 1 aliphatic rings. The molecule has 0 amide bonds. The largest absolute Gasteiger partial charge is 0.311 e. The van der Waals surface area contributed by atoms with Crippen molar-refractivity contribution >= 4 is 0 Å². The maximum Gasteiger partial charge on any atom is 0.0105 e. The summed E-state index contributed by atoms with van der Waals surface area (Å²) in [6, 6.07) is 2.12. The van der Waals surface area contributed by atoms with Crippen molar-refractivity contribution in [2.75, 3.05) is 14.1 Å². The normalized spacial score (nSPS) is 29.8. The van der Waals surface area contributed by atoms with Crippen molar-refractivity contribution in [3.63, 3.8) is 0 Å². The van der Waals surface area contributed by atoms with Crippen LogP contribution in [0.2, 0.25) is 0 Å². The van der Waals surface area contributed by atoms with Gasteiger partial charge in [-0.25, -0.2) is 0 Å². The number of nitrogens with zero attached hydrogens (tertiary/aromatic N) is 1. The van der Waals surface area contributed by atoms with E-state index in [4.69, 9.17) is 0 Å². The van der Waals surface area contributed by atoms with E-state index in [0.29, 0.717) is 11.5 Å². The lowest BCUT2D eigenvalue weighted by molar-refractivity contribution is 0.251. The maximum absolute atomic E-state index is 3.78. The van der Waals surface area contributed by atoms with Gasteiger partial charge in [0.05, 0.1) is 0 Å². The zero-order chi connectivity index (χ0) is 11.6. The van der Waals surface area contributed by atoms with Crippen LogP contribution < -0.4 is 5.32 Å². The first-order chi connectivity index (χ1) is 6.80. The van der Waals surface area contributed by atoms with Gasteiger partial charge in [0.15, 0.2) is 0 Å². The van der Waals surface area contributed by atoms with Crippen LogP contribution in [0, 0.1) is 5.41 Å². The predicted molar refractivity (Wildman–Crippen MR) is 67.2 cm³/mol. The summed E-state index contributed by atoms with van der Waals surface area (Å²) < 4.78 is 0. The summed E-state index contributed by atoms with van der Waals surface area (Å²) in [5.74, 6) is 0. The topological polar surface area (TPSA) is 15.3 Å². The van der Waals surface area contributed by atoms with Crippen LogP contribution in [0.15, 0.2) is 0 Å². The molecule has 3 atom stereocenters. The second kappa shape index (κ2) is 4.84. The zero-order valence-electron chi connectivity index (χ0n) is 11.3. The molecule has 0 aliphatic heterocycles. The zero-order valence-corrected chi connectivity index (χ0v) is 11.3. The van der Waals surface area contributed by atoms with Gasteiger partial charge in [0.2, 0.25) is 0 Å². The minimum absolute atomic E-state index is 0.371. The summed E-state index contributed by atoms with van der Waals surface area (Å²) in [4.78, 5) is 2.36. The Kier molecular flexibility index (Phi) is 4.19. The molecule has 3 unspecified atom stereocenters. The molecule has 0 aromatic rings. The fourth-order valence-electron chi connectivity index (χ4n) is 2.18. The summed E-state index contributed by atoms with van der Waals surface area (Å²) in [6.07, 6.45) is 4.00. The first kappa shape index (κ1) is 13.0. The third kappa shape index (κ3) is 3.76. The third-order valence-electron chi connectivity index (χ3n) is 3.92. The third-order valence-corrected chi connectivity index (χ3v) is 3.92. The Morgan fingerprint density at radius 3 is 2.20 bits per heavy atom. The van der Waals surface area contributed by atoms with Crippen LogP contribution >= 0.6 is 0 Å². The summed E-state index contributed by atoms with van der Waals surface area (Å²) in [5, 5.41) is 3.78. The Hall–Kier alpha value is -0.0800. The fourth-order valence-corrected chi connectivity index (χ4v) is 2.18. The SMILES string of the molecule is CC(NC1CCC(N(C)C)C1)C(C)(C)C. The lowest BCUT2D eigenvalue weighted by atomic mass is 9.87. The minimum Gasteiger partial charge on any atom is -0.311 e. The second-order valence-corrected chi connectivity index (χ2v) is 6.38. The highest BCUT2D eigenvalue weighted by Gasteiger charge is 2.29. The van der Waals surface area contributed by atoms with Gasteiger partial charge >= 0.3 is 0 Å². The van der Waals surface area contributed by atoms with Crippen molar-refractivity contribution in [1.29, 1.82) is 0 Å². The van der Waals surface area contributed by atoms with Gasteiger partial charge < -0.3 is 10.2 Å². The highest BCUT2D eigenvalue weighted by atomic mass is 15.1. The Labute approximate surface area is 95.4 Å². The van der Waals surface area contributed by atoms with Crippen LogP contribution in [0.5, 0.6) is 0 Å². The second-order valence-electron chi connectivity index (χ2n) is 6.38. The van der Waals surface area contributed by atoms with Crippen LogP contribution in [0.25, 0.3) is 0 Å². The van der Waals surface area contributed by atoms with E-state index in [1.807, 2.05) is 0 Å². The molecule has 0 aromatic carbocycles. The summed E-state index contributed by atoms with van der Waals surface area (Å²) in [7, 11) is 4.39. The van der Waals surface area contributed by atoms with Crippen LogP contribution in [0.3, 0.4) is 0 Å². The highest BCUT2D eigenvalue weighted by Crippen LogP contribution is 2.26. The van der Waals surface area contributed by atoms with E-state index in [1.165, 1.54) is 19.3 Å². The summed E-state index contributed by atoms with van der Waals surface area (Å²) in [5.41, 5.74) is 0.371. The predicted octanol–water partition coefficient (Wildman–Crippen LogP) is 2.49. The Morgan fingerprint density at radius 2 is 1.80 bits per heavy atom. The van der Waals surface area contributed by atoms with Crippen molar-refractivity contribution in [3.05, 3.63) is 0 Å². The van der Waals surface area contributed by atoms with Crippen LogP contribution in [0.1, 0.15) is 47.0 Å². The number of rotatable bonds is 3. The van der Waals surface area contributed by atoms with Gasteiger partial charge in [-0.2, -0.15) is 0 Å². The summed E-state index contributed by atoms with van der Waals surface area (Å²) in [6.45, 7) is 9.23. The lowest BCUT2D eigenvalue weighted by Gasteiger charge is -2.31. The van der Waals surface area contributed by atoms with Crippen molar-refractivity contribution < 1.29 is 0 Å². The van der Waals surface area contributed by atoms with Crippen molar-refractivity contribution in [3.8, 4) is 0 Å². The van der Waals surface area contributed by atoms with E-state index in [9.17, 15) is 0 Å². The van der Waals surface area contributed by atoms with Crippen molar-refractivity contribution in [2.45, 2.75) is 65.1 Å². The lowest BCUT2D eigenvalue weighted by Crippen LogP contribution is -2.43. The van der Waals surface area contributed by atoms with Crippen LogP contribution in [-0.2, 0) is 0 Å². The molecule has 1 fully saturated rings.